The minimum atomic E-state index is -0.257. The van der Waals surface area contributed by atoms with Crippen molar-refractivity contribution in [3.8, 4) is 5.75 Å². The number of amides is 2. The van der Waals surface area contributed by atoms with Crippen LogP contribution in [0.15, 0.2) is 84.9 Å². The van der Waals surface area contributed by atoms with E-state index in [-0.39, 0.29) is 47.6 Å². The summed E-state index contributed by atoms with van der Waals surface area (Å²) in [6, 6.07) is 28.8. The van der Waals surface area contributed by atoms with Gasteiger partial charge in [0, 0.05) is 41.0 Å². The van der Waals surface area contributed by atoms with E-state index >= 15 is 0 Å². The number of aryl methyl sites for hydroxylation is 1. The Balaban J connectivity index is 0.000000246. The molecule has 0 saturated heterocycles. The zero-order chi connectivity index (χ0) is 39.7. The summed E-state index contributed by atoms with van der Waals surface area (Å²) < 4.78 is 10.2. The number of methoxy groups -OCH3 is 1. The predicted octanol–water partition coefficient (Wildman–Crippen LogP) is 7.64. The number of nitrogens with zero attached hydrogens (tertiary/aromatic N) is 2. The van der Waals surface area contributed by atoms with Gasteiger partial charge in [0.05, 0.1) is 7.11 Å². The molecule has 0 bridgehead atoms. The number of nitrogens with one attached hydrogen (secondary N) is 2. The number of likely N-dealkylation sites (N-methyl/N-ethyl adjacent to an activating group) is 1. The van der Waals surface area contributed by atoms with E-state index in [1.54, 1.807) is 24.3 Å². The van der Waals surface area contributed by atoms with Crippen LogP contribution in [0.4, 0.5) is 0 Å². The summed E-state index contributed by atoms with van der Waals surface area (Å²) in [7, 11) is 10.1. The molecule has 2 fully saturated rings. The minimum Gasteiger partial charge on any atom is -0.484 e. The number of esters is 1. The van der Waals surface area contributed by atoms with E-state index in [9.17, 15) is 14.4 Å². The molecule has 0 heterocycles. The van der Waals surface area contributed by atoms with Crippen LogP contribution in [0.1, 0.15) is 88.2 Å². The van der Waals surface area contributed by atoms with Crippen molar-refractivity contribution >= 4 is 29.4 Å². The third kappa shape index (κ3) is 14.3. The second kappa shape index (κ2) is 22.0. The molecule has 9 nitrogen and oxygen atoms in total. The van der Waals surface area contributed by atoms with Crippen molar-refractivity contribution in [3.63, 3.8) is 0 Å². The van der Waals surface area contributed by atoms with Gasteiger partial charge in [-0.15, -0.1) is 0 Å². The fourth-order valence-corrected chi connectivity index (χ4v) is 8.17. The average molecular weight is 775 g/mol. The normalized spacial score (nSPS) is 22.3. The van der Waals surface area contributed by atoms with Gasteiger partial charge in [0.15, 0.2) is 6.61 Å². The molecule has 3 aromatic rings. The average Bonchev–Trinajstić information content (AvgIpc) is 3.19. The second-order valence-electron chi connectivity index (χ2n) is 15.7. The number of rotatable bonds is 16. The number of halogens is 1. The van der Waals surface area contributed by atoms with Gasteiger partial charge in [-0.05, 0) is 141 Å². The molecule has 5 rings (SSSR count). The van der Waals surface area contributed by atoms with Crippen LogP contribution >= 0.6 is 11.6 Å². The molecule has 2 amide bonds. The molecule has 10 heteroatoms. The zero-order valence-electron chi connectivity index (χ0n) is 33.7. The molecular weight excluding hydrogens is 712 g/mol. The van der Waals surface area contributed by atoms with E-state index in [1.807, 2.05) is 0 Å². The smallest absolute Gasteiger partial charge is 0.305 e. The summed E-state index contributed by atoms with van der Waals surface area (Å²) in [6.45, 7) is 0.0327. The molecule has 2 saturated carbocycles. The minimum absolute atomic E-state index is 0.0327. The molecule has 3 aromatic carbocycles. The van der Waals surface area contributed by atoms with Crippen LogP contribution in [0.2, 0.25) is 5.02 Å². The van der Waals surface area contributed by atoms with E-state index in [4.69, 9.17) is 16.3 Å². The summed E-state index contributed by atoms with van der Waals surface area (Å²) >= 11 is 5.87. The Morgan fingerprint density at radius 3 is 1.73 bits per heavy atom. The first-order valence-corrected chi connectivity index (χ1v) is 20.3. The lowest BCUT2D eigenvalue weighted by atomic mass is 9.75. The summed E-state index contributed by atoms with van der Waals surface area (Å²) in [6.07, 6.45) is 12.8. The maximum atomic E-state index is 12.3. The molecule has 0 aliphatic heterocycles. The number of hydrogen-bond acceptors (Lipinski definition) is 7. The summed E-state index contributed by atoms with van der Waals surface area (Å²) in [5.74, 6) is 0.374. The van der Waals surface area contributed by atoms with Crippen molar-refractivity contribution in [1.29, 1.82) is 0 Å². The molecule has 55 heavy (non-hydrogen) atoms. The molecule has 0 atom stereocenters. The largest absolute Gasteiger partial charge is 0.484 e. The molecule has 0 unspecified atom stereocenters. The Labute approximate surface area is 334 Å². The van der Waals surface area contributed by atoms with E-state index in [0.717, 1.165) is 70.6 Å². The van der Waals surface area contributed by atoms with Gasteiger partial charge in [-0.1, -0.05) is 72.3 Å². The number of benzene rings is 3. The highest BCUT2D eigenvalue weighted by atomic mass is 35.5. The van der Waals surface area contributed by atoms with Gasteiger partial charge in [-0.2, -0.15) is 0 Å². The highest BCUT2D eigenvalue weighted by molar-refractivity contribution is 6.30. The number of ether oxygens (including phenoxy) is 2. The summed E-state index contributed by atoms with van der Waals surface area (Å²) in [5, 5.41) is 6.94. The van der Waals surface area contributed by atoms with Gasteiger partial charge in [0.25, 0.3) is 5.91 Å². The Hall–Kier alpha value is -3.92. The van der Waals surface area contributed by atoms with E-state index < -0.39 is 0 Å². The van der Waals surface area contributed by atoms with Crippen LogP contribution in [0.25, 0.3) is 0 Å². The van der Waals surface area contributed by atoms with Crippen molar-refractivity contribution in [2.24, 2.45) is 0 Å². The number of carbonyl (C=O) groups is 3. The standard InChI is InChI=1S/C24H31ClN2O2.C21H32N2O3/c1-27(2)24(15-12-19-6-4-3-5-7-19)16-13-21(14-17-24)26-23(28)18-29-22-10-8-20(25)9-11-22;1-23(2)21(16-17-8-5-4-6-9-17)14-12-18(13-15-21)22-19(24)10-7-11-20(25)26-3/h3-11,21H,12-18H2,1-2H3,(H,26,28);4-6,8-9,18H,7,10-16H2,1-3H3,(H,22,24). The molecule has 0 spiro atoms. The van der Waals surface area contributed by atoms with Crippen molar-refractivity contribution in [3.05, 3.63) is 101 Å². The van der Waals surface area contributed by atoms with Gasteiger partial charge in [-0.3, -0.25) is 14.4 Å². The lowest BCUT2D eigenvalue weighted by Gasteiger charge is -2.45. The first kappa shape index (κ1) is 43.8. The van der Waals surface area contributed by atoms with E-state index in [1.165, 1.54) is 18.2 Å². The molecule has 300 valence electrons. The molecule has 2 aliphatic rings. The number of hydrogen-bond donors (Lipinski definition) is 2. The zero-order valence-corrected chi connectivity index (χ0v) is 34.4. The van der Waals surface area contributed by atoms with Crippen LogP contribution in [-0.2, 0) is 32.0 Å². The van der Waals surface area contributed by atoms with E-state index in [0.29, 0.717) is 30.0 Å². The summed E-state index contributed by atoms with van der Waals surface area (Å²) in [5.41, 5.74) is 3.12. The topological polar surface area (TPSA) is 100 Å². The van der Waals surface area contributed by atoms with Crippen LogP contribution in [0.3, 0.4) is 0 Å². The van der Waals surface area contributed by atoms with Crippen molar-refractivity contribution in [2.45, 2.75) is 113 Å². The fourth-order valence-electron chi connectivity index (χ4n) is 8.04. The Morgan fingerprint density at radius 1 is 0.691 bits per heavy atom. The highest BCUT2D eigenvalue weighted by Crippen LogP contribution is 2.37. The molecule has 0 aromatic heterocycles. The Kier molecular flexibility index (Phi) is 17.5. The monoisotopic (exact) mass is 774 g/mol. The molecule has 2 aliphatic carbocycles. The Morgan fingerprint density at radius 2 is 1.20 bits per heavy atom. The third-order valence-electron chi connectivity index (χ3n) is 11.8. The maximum Gasteiger partial charge on any atom is 0.305 e. The van der Waals surface area contributed by atoms with Crippen molar-refractivity contribution in [1.82, 2.24) is 20.4 Å². The first-order valence-electron chi connectivity index (χ1n) is 19.9. The molecule has 2 N–H and O–H groups in total. The van der Waals surface area contributed by atoms with Gasteiger partial charge in [0.2, 0.25) is 5.91 Å². The van der Waals surface area contributed by atoms with Crippen LogP contribution in [0, 0.1) is 0 Å². The van der Waals surface area contributed by atoms with Crippen molar-refractivity contribution < 1.29 is 23.9 Å². The van der Waals surface area contributed by atoms with Gasteiger partial charge in [-0.25, -0.2) is 0 Å². The lowest BCUT2D eigenvalue weighted by molar-refractivity contribution is -0.140. The van der Waals surface area contributed by atoms with E-state index in [2.05, 4.69) is 114 Å². The number of carbonyl (C=O) groups excluding carboxylic acids is 3. The SMILES string of the molecule is CN(C)C1(CCc2ccccc2)CCC(NC(=O)COc2ccc(Cl)cc2)CC1.COC(=O)CCCC(=O)NC1CCC(Cc2ccccc2)(N(C)C)CC1. The quantitative estimate of drug-likeness (QED) is 0.144. The Bertz CT molecular complexity index is 1590. The van der Waals surface area contributed by atoms with Crippen LogP contribution in [0.5, 0.6) is 5.75 Å². The van der Waals surface area contributed by atoms with Crippen LogP contribution in [-0.4, -0.2) is 92.7 Å². The highest BCUT2D eigenvalue weighted by Gasteiger charge is 2.38. The fraction of sp³-hybridized carbons (Fsp3) is 0.533. The lowest BCUT2D eigenvalue weighted by Crippen LogP contribution is -2.52. The molecule has 0 radical (unpaired) electrons. The predicted molar refractivity (Wildman–Crippen MR) is 221 cm³/mol. The molecular formula is C45H63ClN4O5. The van der Waals surface area contributed by atoms with Gasteiger partial charge >= 0.3 is 5.97 Å². The maximum absolute atomic E-state index is 12.3. The van der Waals surface area contributed by atoms with Crippen LogP contribution < -0.4 is 15.4 Å². The first-order chi connectivity index (χ1) is 26.4. The second-order valence-corrected chi connectivity index (χ2v) is 16.2. The van der Waals surface area contributed by atoms with Gasteiger partial charge in [0.1, 0.15) is 5.75 Å². The van der Waals surface area contributed by atoms with Gasteiger partial charge < -0.3 is 29.9 Å². The third-order valence-corrected chi connectivity index (χ3v) is 12.0. The van der Waals surface area contributed by atoms with Crippen molar-refractivity contribution in [2.75, 3.05) is 41.9 Å². The summed E-state index contributed by atoms with van der Waals surface area (Å²) in [4.78, 5) is 40.2.